The molecule has 0 aliphatic rings. The molecule has 0 unspecified atom stereocenters. The zero-order valence-corrected chi connectivity index (χ0v) is 7.33. The average Bonchev–Trinajstić information content (AvgIpc) is 2.04. The quantitative estimate of drug-likeness (QED) is 0.581. The first-order valence-electron chi connectivity index (χ1n) is 3.70. The Hall–Kier alpha value is -1.63. The van der Waals surface area contributed by atoms with Crippen molar-refractivity contribution in [2.75, 3.05) is 18.7 Å². The molecule has 13 heavy (non-hydrogen) atoms. The molecule has 7 heteroatoms. The van der Waals surface area contributed by atoms with Crippen molar-refractivity contribution in [3.05, 3.63) is 20.8 Å². The van der Waals surface area contributed by atoms with Crippen LogP contribution in [-0.2, 0) is 4.84 Å². The fraction of sp³-hybridized carbons (Fsp3) is 0.500. The van der Waals surface area contributed by atoms with Gasteiger partial charge in [0.1, 0.15) is 0 Å². The minimum atomic E-state index is -0.640. The van der Waals surface area contributed by atoms with E-state index in [0.717, 1.165) is 0 Å². The third-order valence-corrected chi connectivity index (χ3v) is 1.31. The molecule has 1 aromatic heterocycles. The minimum Gasteiger partial charge on any atom is -0.272 e. The summed E-state index contributed by atoms with van der Waals surface area (Å²) in [5.41, 5.74) is -1.22. The molecule has 1 rings (SSSR count). The van der Waals surface area contributed by atoms with Gasteiger partial charge in [-0.1, -0.05) is 0 Å². The molecule has 7 nitrogen and oxygen atoms in total. The van der Waals surface area contributed by atoms with Gasteiger partial charge in [0.25, 0.3) is 5.56 Å². The van der Waals surface area contributed by atoms with Gasteiger partial charge in [-0.25, -0.2) is 15.0 Å². The summed E-state index contributed by atoms with van der Waals surface area (Å²) in [6.45, 7) is 2.19. The van der Waals surface area contributed by atoms with Crippen LogP contribution in [0.5, 0.6) is 0 Å². The van der Waals surface area contributed by atoms with Crippen molar-refractivity contribution in [3.63, 3.8) is 0 Å². The summed E-state index contributed by atoms with van der Waals surface area (Å²) in [4.78, 5) is 28.7. The van der Waals surface area contributed by atoms with Gasteiger partial charge in [0, 0.05) is 7.05 Å². The second kappa shape index (κ2) is 3.85. The molecule has 0 saturated heterocycles. The van der Waals surface area contributed by atoms with Crippen LogP contribution in [0.15, 0.2) is 9.59 Å². The van der Waals surface area contributed by atoms with Crippen molar-refractivity contribution in [1.82, 2.24) is 15.2 Å². The van der Waals surface area contributed by atoms with Gasteiger partial charge in [0.15, 0.2) is 0 Å². The fourth-order valence-electron chi connectivity index (χ4n) is 0.810. The van der Waals surface area contributed by atoms with Crippen LogP contribution in [0.2, 0.25) is 0 Å². The summed E-state index contributed by atoms with van der Waals surface area (Å²) in [7, 11) is 1.53. The van der Waals surface area contributed by atoms with E-state index in [1.165, 1.54) is 12.1 Å². The second-order valence-corrected chi connectivity index (χ2v) is 2.25. The number of H-pyrrole nitrogens is 2. The number of nitrogens with one attached hydrogen (secondary N) is 2. The highest BCUT2D eigenvalue weighted by atomic mass is 16.7. The molecule has 0 aliphatic carbocycles. The highest BCUT2D eigenvalue weighted by Crippen LogP contribution is 1.96. The zero-order chi connectivity index (χ0) is 9.84. The van der Waals surface area contributed by atoms with E-state index in [1.807, 2.05) is 4.98 Å². The van der Waals surface area contributed by atoms with E-state index in [1.54, 1.807) is 6.92 Å². The lowest BCUT2D eigenvalue weighted by Gasteiger charge is -2.13. The molecular weight excluding hydrogens is 176 g/mol. The molecule has 0 spiro atoms. The Kier molecular flexibility index (Phi) is 2.80. The molecule has 0 aliphatic heterocycles. The lowest BCUT2D eigenvalue weighted by Crippen LogP contribution is -2.32. The van der Waals surface area contributed by atoms with E-state index in [9.17, 15) is 9.59 Å². The SMILES string of the molecule is CCON(C)c1n[nH]c(=O)[nH]c1=O. The summed E-state index contributed by atoms with van der Waals surface area (Å²) in [6.07, 6.45) is 0. The maximum Gasteiger partial charge on any atom is 0.342 e. The summed E-state index contributed by atoms with van der Waals surface area (Å²) in [5.74, 6) is 0.0152. The lowest BCUT2D eigenvalue weighted by atomic mass is 10.7. The van der Waals surface area contributed by atoms with Crippen LogP contribution >= 0.6 is 0 Å². The maximum absolute atomic E-state index is 11.1. The van der Waals surface area contributed by atoms with Crippen molar-refractivity contribution in [1.29, 1.82) is 0 Å². The van der Waals surface area contributed by atoms with Gasteiger partial charge in [-0.05, 0) is 6.92 Å². The number of rotatable bonds is 3. The van der Waals surface area contributed by atoms with E-state index in [2.05, 4.69) is 10.2 Å². The molecule has 2 N–H and O–H groups in total. The third-order valence-electron chi connectivity index (χ3n) is 1.31. The normalized spacial score (nSPS) is 10.0. The zero-order valence-electron chi connectivity index (χ0n) is 7.33. The maximum atomic E-state index is 11.1. The van der Waals surface area contributed by atoms with Crippen LogP contribution in [-0.4, -0.2) is 28.8 Å². The molecule has 1 aromatic rings. The smallest absolute Gasteiger partial charge is 0.272 e. The number of aromatic amines is 2. The van der Waals surface area contributed by atoms with Gasteiger partial charge in [-0.15, -0.1) is 5.10 Å². The van der Waals surface area contributed by atoms with Gasteiger partial charge in [-0.3, -0.25) is 14.6 Å². The van der Waals surface area contributed by atoms with Gasteiger partial charge < -0.3 is 0 Å². The predicted octanol–water partition coefficient (Wildman–Crippen LogP) is -1.15. The Labute approximate surface area is 73.3 Å². The highest BCUT2D eigenvalue weighted by molar-refractivity contribution is 5.28. The summed E-state index contributed by atoms with van der Waals surface area (Å²) in [6, 6.07) is 0. The van der Waals surface area contributed by atoms with Crippen LogP contribution in [0.25, 0.3) is 0 Å². The minimum absolute atomic E-state index is 0.0152. The van der Waals surface area contributed by atoms with E-state index in [-0.39, 0.29) is 5.82 Å². The fourth-order valence-corrected chi connectivity index (χ4v) is 0.810. The lowest BCUT2D eigenvalue weighted by molar-refractivity contribution is 0.131. The predicted molar refractivity (Wildman–Crippen MR) is 45.5 cm³/mol. The van der Waals surface area contributed by atoms with Gasteiger partial charge in [0.2, 0.25) is 5.82 Å². The number of nitrogens with zero attached hydrogens (tertiary/aromatic N) is 2. The molecule has 0 fully saturated rings. The summed E-state index contributed by atoms with van der Waals surface area (Å²) in [5, 5.41) is 6.80. The number of aromatic nitrogens is 3. The Balaban J connectivity index is 3.02. The third kappa shape index (κ3) is 2.15. The Morgan fingerprint density at radius 3 is 2.77 bits per heavy atom. The largest absolute Gasteiger partial charge is 0.342 e. The Morgan fingerprint density at radius 1 is 1.54 bits per heavy atom. The van der Waals surface area contributed by atoms with Crippen molar-refractivity contribution in [3.8, 4) is 0 Å². The highest BCUT2D eigenvalue weighted by Gasteiger charge is 2.07. The van der Waals surface area contributed by atoms with Crippen molar-refractivity contribution in [2.45, 2.75) is 6.92 Å². The number of hydroxylamine groups is 1. The van der Waals surface area contributed by atoms with Gasteiger partial charge in [-0.2, -0.15) is 0 Å². The molecule has 0 amide bonds. The molecular formula is C6H10N4O3. The summed E-state index contributed by atoms with van der Waals surface area (Å²) >= 11 is 0. The molecule has 0 saturated carbocycles. The molecule has 0 atom stereocenters. The first-order chi connectivity index (χ1) is 6.15. The van der Waals surface area contributed by atoms with Crippen LogP contribution in [0.4, 0.5) is 5.82 Å². The Bertz CT molecular complexity index is 382. The number of hydrogen-bond donors (Lipinski definition) is 2. The van der Waals surface area contributed by atoms with E-state index < -0.39 is 11.2 Å². The number of hydrogen-bond acceptors (Lipinski definition) is 5. The molecule has 0 radical (unpaired) electrons. The van der Waals surface area contributed by atoms with Gasteiger partial charge >= 0.3 is 5.69 Å². The molecule has 1 heterocycles. The molecule has 0 bridgehead atoms. The average molecular weight is 186 g/mol. The molecule has 72 valence electrons. The van der Waals surface area contributed by atoms with E-state index in [4.69, 9.17) is 4.84 Å². The second-order valence-electron chi connectivity index (χ2n) is 2.25. The molecule has 0 aromatic carbocycles. The van der Waals surface area contributed by atoms with Crippen molar-refractivity contribution >= 4 is 5.82 Å². The monoisotopic (exact) mass is 186 g/mol. The van der Waals surface area contributed by atoms with Crippen LogP contribution in [0, 0.1) is 0 Å². The van der Waals surface area contributed by atoms with E-state index >= 15 is 0 Å². The summed E-state index contributed by atoms with van der Waals surface area (Å²) < 4.78 is 0. The van der Waals surface area contributed by atoms with Crippen LogP contribution in [0.1, 0.15) is 6.92 Å². The van der Waals surface area contributed by atoms with Crippen molar-refractivity contribution < 1.29 is 4.84 Å². The Morgan fingerprint density at radius 2 is 2.23 bits per heavy atom. The van der Waals surface area contributed by atoms with Crippen LogP contribution < -0.4 is 16.3 Å². The van der Waals surface area contributed by atoms with Crippen LogP contribution in [0.3, 0.4) is 0 Å². The van der Waals surface area contributed by atoms with Crippen molar-refractivity contribution in [2.24, 2.45) is 0 Å². The van der Waals surface area contributed by atoms with E-state index in [0.29, 0.717) is 6.61 Å². The first-order valence-corrected chi connectivity index (χ1v) is 3.70. The first kappa shape index (κ1) is 9.46. The topological polar surface area (TPSA) is 91.1 Å². The standard InChI is InChI=1S/C6H10N4O3/c1-3-13-10(2)4-5(11)7-6(12)9-8-4/h3H2,1-2H3,(H2,7,9,11,12). The number of anilines is 1. The van der Waals surface area contributed by atoms with Gasteiger partial charge in [0.05, 0.1) is 6.61 Å².